The Morgan fingerprint density at radius 2 is 2.21 bits per heavy atom. The molecule has 0 spiro atoms. The van der Waals surface area contributed by atoms with E-state index in [2.05, 4.69) is 15.2 Å². The second-order valence-electron chi connectivity index (χ2n) is 5.75. The fraction of sp³-hybridized carbons (Fsp3) is 0.438. The van der Waals surface area contributed by atoms with Gasteiger partial charge in [0, 0.05) is 57.8 Å². The van der Waals surface area contributed by atoms with Crippen LogP contribution in [-0.2, 0) is 7.05 Å². The number of piperazine rings is 1. The van der Waals surface area contributed by atoms with Crippen molar-refractivity contribution in [1.82, 2.24) is 19.8 Å². The summed E-state index contributed by atoms with van der Waals surface area (Å²) >= 11 is 0. The van der Waals surface area contributed by atoms with Gasteiger partial charge in [-0.2, -0.15) is 0 Å². The Labute approximate surface area is 140 Å². The number of ether oxygens (including phenoxy) is 1. The average molecular weight is 331 g/mol. The minimum atomic E-state index is -0.415. The number of aromatic nitrogens is 2. The Morgan fingerprint density at radius 1 is 1.42 bits per heavy atom. The van der Waals surface area contributed by atoms with E-state index in [9.17, 15) is 10.1 Å². The third-order valence-electron chi connectivity index (χ3n) is 4.21. The van der Waals surface area contributed by atoms with Gasteiger partial charge >= 0.3 is 0 Å². The molecule has 0 radical (unpaired) electrons. The maximum absolute atomic E-state index is 10.7. The van der Waals surface area contributed by atoms with Crippen molar-refractivity contribution in [2.75, 3.05) is 32.8 Å². The maximum atomic E-state index is 10.7. The van der Waals surface area contributed by atoms with Gasteiger partial charge < -0.3 is 14.6 Å². The number of hydrogen-bond donors (Lipinski definition) is 1. The van der Waals surface area contributed by atoms with Crippen molar-refractivity contribution in [2.45, 2.75) is 6.04 Å². The Bertz CT molecular complexity index is 685. The van der Waals surface area contributed by atoms with Crippen LogP contribution in [0.3, 0.4) is 0 Å². The molecule has 1 aliphatic rings. The number of non-ortho nitro benzene ring substituents is 1. The SMILES string of the molecule is Cn1ccnc1C1CNCCN1CCOc1ccc([N+](=O)[O-])cc1. The van der Waals surface area contributed by atoms with Crippen LogP contribution in [0, 0.1) is 10.1 Å². The normalized spacial score (nSPS) is 18.5. The highest BCUT2D eigenvalue weighted by Gasteiger charge is 2.26. The molecule has 2 aromatic rings. The lowest BCUT2D eigenvalue weighted by atomic mass is 10.2. The Kier molecular flexibility index (Phi) is 5.07. The zero-order chi connectivity index (χ0) is 16.9. The molecule has 0 bridgehead atoms. The van der Waals surface area contributed by atoms with E-state index < -0.39 is 4.92 Å². The number of nitro groups is 1. The van der Waals surface area contributed by atoms with Gasteiger partial charge in [0.05, 0.1) is 11.0 Å². The van der Waals surface area contributed by atoms with E-state index in [4.69, 9.17) is 4.74 Å². The molecule has 2 heterocycles. The summed E-state index contributed by atoms with van der Waals surface area (Å²) in [6, 6.07) is 6.39. The smallest absolute Gasteiger partial charge is 0.269 e. The van der Waals surface area contributed by atoms with Gasteiger partial charge in [-0.05, 0) is 12.1 Å². The molecule has 3 rings (SSSR count). The number of imidazole rings is 1. The molecule has 1 N–H and O–H groups in total. The number of nitrogens with zero attached hydrogens (tertiary/aromatic N) is 4. The average Bonchev–Trinajstić information content (AvgIpc) is 3.02. The summed E-state index contributed by atoms with van der Waals surface area (Å²) in [4.78, 5) is 17.0. The lowest BCUT2D eigenvalue weighted by molar-refractivity contribution is -0.384. The summed E-state index contributed by atoms with van der Waals surface area (Å²) in [6.07, 6.45) is 3.77. The molecule has 8 heteroatoms. The van der Waals surface area contributed by atoms with Gasteiger partial charge in [-0.25, -0.2) is 4.98 Å². The van der Waals surface area contributed by atoms with Crippen LogP contribution in [-0.4, -0.2) is 52.2 Å². The van der Waals surface area contributed by atoms with Gasteiger partial charge in [0.1, 0.15) is 18.2 Å². The molecule has 1 aromatic carbocycles. The van der Waals surface area contributed by atoms with Crippen molar-refractivity contribution in [3.8, 4) is 5.75 Å². The van der Waals surface area contributed by atoms with Crippen molar-refractivity contribution >= 4 is 5.69 Å². The summed E-state index contributed by atoms with van der Waals surface area (Å²) in [5, 5.41) is 14.1. The van der Waals surface area contributed by atoms with Gasteiger partial charge in [-0.15, -0.1) is 0 Å². The Hall–Kier alpha value is -2.45. The zero-order valence-corrected chi connectivity index (χ0v) is 13.6. The minimum absolute atomic E-state index is 0.0688. The molecular formula is C16H21N5O3. The highest BCUT2D eigenvalue weighted by Crippen LogP contribution is 2.21. The second-order valence-corrected chi connectivity index (χ2v) is 5.75. The molecule has 1 unspecified atom stereocenters. The standard InChI is InChI=1S/C16H21N5O3/c1-19-8-7-18-16(19)15-12-17-6-9-20(15)10-11-24-14-4-2-13(3-5-14)21(22)23/h2-5,7-8,15,17H,6,9-12H2,1H3. The summed E-state index contributed by atoms with van der Waals surface area (Å²) in [6.45, 7) is 4.04. The first kappa shape index (κ1) is 16.4. The monoisotopic (exact) mass is 331 g/mol. The number of aryl methyl sites for hydroxylation is 1. The van der Waals surface area contributed by atoms with Crippen LogP contribution in [0.2, 0.25) is 0 Å². The number of benzene rings is 1. The number of nitrogens with one attached hydrogen (secondary N) is 1. The largest absolute Gasteiger partial charge is 0.492 e. The molecule has 0 saturated carbocycles. The van der Waals surface area contributed by atoms with Gasteiger partial charge in [0.15, 0.2) is 0 Å². The van der Waals surface area contributed by atoms with Gasteiger partial charge in [0.2, 0.25) is 0 Å². The molecule has 1 aromatic heterocycles. The van der Waals surface area contributed by atoms with Crippen molar-refractivity contribution in [3.05, 3.63) is 52.6 Å². The molecule has 1 atom stereocenters. The van der Waals surface area contributed by atoms with E-state index in [1.54, 1.807) is 12.1 Å². The highest BCUT2D eigenvalue weighted by atomic mass is 16.6. The first-order valence-corrected chi connectivity index (χ1v) is 7.94. The van der Waals surface area contributed by atoms with Gasteiger partial charge in [0.25, 0.3) is 5.69 Å². The summed E-state index contributed by atoms with van der Waals surface area (Å²) in [7, 11) is 2.00. The zero-order valence-electron chi connectivity index (χ0n) is 13.6. The lowest BCUT2D eigenvalue weighted by Gasteiger charge is -2.35. The third-order valence-corrected chi connectivity index (χ3v) is 4.21. The van der Waals surface area contributed by atoms with Crippen molar-refractivity contribution in [1.29, 1.82) is 0 Å². The molecule has 1 fully saturated rings. The van der Waals surface area contributed by atoms with Crippen LogP contribution in [0.4, 0.5) is 5.69 Å². The molecular weight excluding hydrogens is 310 g/mol. The third kappa shape index (κ3) is 3.72. The predicted octanol–water partition coefficient (Wildman–Crippen LogP) is 1.35. The lowest BCUT2D eigenvalue weighted by Crippen LogP contribution is -2.48. The Morgan fingerprint density at radius 3 is 2.88 bits per heavy atom. The molecule has 1 saturated heterocycles. The topological polar surface area (TPSA) is 85.5 Å². The molecule has 128 valence electrons. The predicted molar refractivity (Wildman–Crippen MR) is 89.0 cm³/mol. The highest BCUT2D eigenvalue weighted by molar-refractivity contribution is 5.35. The summed E-state index contributed by atoms with van der Waals surface area (Å²) in [5.41, 5.74) is 0.0688. The molecule has 1 aliphatic heterocycles. The van der Waals surface area contributed by atoms with Crippen LogP contribution in [0.15, 0.2) is 36.7 Å². The summed E-state index contributed by atoms with van der Waals surface area (Å²) in [5.74, 6) is 1.68. The molecule has 8 nitrogen and oxygen atoms in total. The fourth-order valence-electron chi connectivity index (χ4n) is 2.91. The van der Waals surface area contributed by atoms with Crippen LogP contribution >= 0.6 is 0 Å². The Balaban J connectivity index is 1.56. The summed E-state index contributed by atoms with van der Waals surface area (Å²) < 4.78 is 7.77. The van der Waals surface area contributed by atoms with E-state index in [0.717, 1.165) is 32.0 Å². The number of rotatable bonds is 6. The van der Waals surface area contributed by atoms with Crippen LogP contribution in [0.1, 0.15) is 11.9 Å². The van der Waals surface area contributed by atoms with Crippen LogP contribution < -0.4 is 10.1 Å². The molecule has 0 amide bonds. The van der Waals surface area contributed by atoms with Crippen molar-refractivity contribution in [3.63, 3.8) is 0 Å². The van der Waals surface area contributed by atoms with Gasteiger partial charge in [-0.3, -0.25) is 15.0 Å². The van der Waals surface area contributed by atoms with Gasteiger partial charge in [-0.1, -0.05) is 0 Å². The van der Waals surface area contributed by atoms with Crippen molar-refractivity contribution in [2.24, 2.45) is 7.05 Å². The van der Waals surface area contributed by atoms with Crippen LogP contribution in [0.5, 0.6) is 5.75 Å². The quantitative estimate of drug-likeness (QED) is 0.635. The second kappa shape index (κ2) is 7.41. The first-order valence-electron chi connectivity index (χ1n) is 7.94. The van der Waals surface area contributed by atoms with Crippen molar-refractivity contribution < 1.29 is 9.66 Å². The van der Waals surface area contributed by atoms with E-state index in [1.807, 2.05) is 24.0 Å². The van der Waals surface area contributed by atoms with E-state index in [1.165, 1.54) is 12.1 Å². The van der Waals surface area contributed by atoms with E-state index in [0.29, 0.717) is 12.4 Å². The molecule has 0 aliphatic carbocycles. The fourth-order valence-corrected chi connectivity index (χ4v) is 2.91. The van der Waals surface area contributed by atoms with E-state index >= 15 is 0 Å². The maximum Gasteiger partial charge on any atom is 0.269 e. The number of nitro benzene ring substituents is 1. The molecule has 24 heavy (non-hydrogen) atoms. The first-order chi connectivity index (χ1) is 11.6. The van der Waals surface area contributed by atoms with Crippen LogP contribution in [0.25, 0.3) is 0 Å². The number of hydrogen-bond acceptors (Lipinski definition) is 6. The van der Waals surface area contributed by atoms with E-state index in [-0.39, 0.29) is 11.7 Å². The minimum Gasteiger partial charge on any atom is -0.492 e.